The summed E-state index contributed by atoms with van der Waals surface area (Å²) in [6.07, 6.45) is 5.12. The molecule has 1 N–H and O–H groups in total. The van der Waals surface area contributed by atoms with Gasteiger partial charge in [-0.25, -0.2) is 0 Å². The minimum atomic E-state index is 0.531. The van der Waals surface area contributed by atoms with Crippen LogP contribution in [0.3, 0.4) is 0 Å². The molecular weight excluding hydrogens is 254 g/mol. The number of nitrogens with one attached hydrogen (secondary N) is 1. The van der Waals surface area contributed by atoms with Crippen molar-refractivity contribution in [3.05, 3.63) is 71.3 Å². The van der Waals surface area contributed by atoms with E-state index in [0.717, 1.165) is 12.5 Å². The highest BCUT2D eigenvalue weighted by atomic mass is 14.9. The van der Waals surface area contributed by atoms with E-state index in [1.807, 2.05) is 0 Å². The fourth-order valence-corrected chi connectivity index (χ4v) is 3.55. The first-order valence-corrected chi connectivity index (χ1v) is 8.17. The molecule has 0 bridgehead atoms. The van der Waals surface area contributed by atoms with Crippen LogP contribution in [0.25, 0.3) is 0 Å². The Morgan fingerprint density at radius 2 is 1.76 bits per heavy atom. The Kier molecular flexibility index (Phi) is 4.72. The normalized spacial score (nSPS) is 22.1. The second-order valence-corrected chi connectivity index (χ2v) is 6.21. The van der Waals surface area contributed by atoms with Crippen LogP contribution < -0.4 is 5.32 Å². The maximum atomic E-state index is 3.74. The van der Waals surface area contributed by atoms with Gasteiger partial charge >= 0.3 is 0 Å². The number of aryl methyl sites for hydroxylation is 2. The van der Waals surface area contributed by atoms with Crippen molar-refractivity contribution in [2.45, 2.75) is 38.6 Å². The van der Waals surface area contributed by atoms with Crippen molar-refractivity contribution in [3.8, 4) is 0 Å². The van der Waals surface area contributed by atoms with Crippen LogP contribution in [-0.2, 0) is 6.42 Å². The first-order chi connectivity index (χ1) is 10.3. The second kappa shape index (κ2) is 6.91. The third-order valence-electron chi connectivity index (χ3n) is 4.79. The van der Waals surface area contributed by atoms with Crippen molar-refractivity contribution in [2.75, 3.05) is 6.54 Å². The molecule has 0 amide bonds. The van der Waals surface area contributed by atoms with E-state index in [0.29, 0.717) is 6.04 Å². The number of benzene rings is 2. The summed E-state index contributed by atoms with van der Waals surface area (Å²) in [4.78, 5) is 0. The lowest BCUT2D eigenvalue weighted by atomic mass is 9.82. The summed E-state index contributed by atoms with van der Waals surface area (Å²) < 4.78 is 0. The fourth-order valence-electron chi connectivity index (χ4n) is 3.55. The van der Waals surface area contributed by atoms with Crippen LogP contribution in [0, 0.1) is 12.8 Å². The Morgan fingerprint density at radius 3 is 2.57 bits per heavy atom. The van der Waals surface area contributed by atoms with Crippen LogP contribution in [0.4, 0.5) is 0 Å². The summed E-state index contributed by atoms with van der Waals surface area (Å²) >= 11 is 0. The minimum absolute atomic E-state index is 0.531. The molecule has 21 heavy (non-hydrogen) atoms. The molecule has 0 saturated carbocycles. The first-order valence-electron chi connectivity index (χ1n) is 8.17. The molecule has 0 spiro atoms. The van der Waals surface area contributed by atoms with Crippen LogP contribution in [-0.4, -0.2) is 6.54 Å². The van der Waals surface area contributed by atoms with Gasteiger partial charge in [0.15, 0.2) is 0 Å². The molecule has 110 valence electrons. The molecule has 3 rings (SSSR count). The molecule has 1 fully saturated rings. The van der Waals surface area contributed by atoms with E-state index in [1.54, 1.807) is 0 Å². The minimum Gasteiger partial charge on any atom is -0.310 e. The molecule has 2 atom stereocenters. The Morgan fingerprint density at radius 1 is 1.00 bits per heavy atom. The maximum absolute atomic E-state index is 3.74. The average molecular weight is 279 g/mol. The van der Waals surface area contributed by atoms with E-state index in [4.69, 9.17) is 0 Å². The summed E-state index contributed by atoms with van der Waals surface area (Å²) in [5.41, 5.74) is 4.39. The van der Waals surface area contributed by atoms with Crippen molar-refractivity contribution < 1.29 is 0 Å². The Bertz CT molecular complexity index is 561. The average Bonchev–Trinajstić information content (AvgIpc) is 2.55. The monoisotopic (exact) mass is 279 g/mol. The molecule has 0 aliphatic carbocycles. The van der Waals surface area contributed by atoms with Gasteiger partial charge in [-0.1, -0.05) is 54.6 Å². The van der Waals surface area contributed by atoms with E-state index < -0.39 is 0 Å². The zero-order chi connectivity index (χ0) is 14.5. The third kappa shape index (κ3) is 3.54. The van der Waals surface area contributed by atoms with Gasteiger partial charge in [-0.3, -0.25) is 0 Å². The fraction of sp³-hybridized carbons (Fsp3) is 0.400. The van der Waals surface area contributed by atoms with Crippen molar-refractivity contribution in [3.63, 3.8) is 0 Å². The molecule has 1 heteroatoms. The summed E-state index contributed by atoms with van der Waals surface area (Å²) in [5.74, 6) is 0.751. The molecule has 1 aliphatic rings. The predicted molar refractivity (Wildman–Crippen MR) is 89.4 cm³/mol. The molecule has 1 saturated heterocycles. The van der Waals surface area contributed by atoms with Crippen molar-refractivity contribution >= 4 is 0 Å². The maximum Gasteiger partial charge on any atom is 0.0348 e. The highest BCUT2D eigenvalue weighted by molar-refractivity contribution is 5.26. The molecule has 0 radical (unpaired) electrons. The van der Waals surface area contributed by atoms with E-state index in [-0.39, 0.29) is 0 Å². The Hall–Kier alpha value is -1.60. The molecule has 1 heterocycles. The summed E-state index contributed by atoms with van der Waals surface area (Å²) in [5, 5.41) is 3.74. The SMILES string of the molecule is Cc1ccccc1CC[C@H]1CCCN[C@H]1c1ccccc1. The smallest absolute Gasteiger partial charge is 0.0348 e. The lowest BCUT2D eigenvalue weighted by Crippen LogP contribution is -2.34. The third-order valence-corrected chi connectivity index (χ3v) is 4.79. The van der Waals surface area contributed by atoms with Gasteiger partial charge in [0.05, 0.1) is 0 Å². The largest absolute Gasteiger partial charge is 0.310 e. The van der Waals surface area contributed by atoms with E-state index in [1.165, 1.54) is 42.4 Å². The molecular formula is C20H25N. The zero-order valence-electron chi connectivity index (χ0n) is 12.9. The van der Waals surface area contributed by atoms with Gasteiger partial charge in [0.25, 0.3) is 0 Å². The van der Waals surface area contributed by atoms with Gasteiger partial charge in [-0.15, -0.1) is 0 Å². The van der Waals surface area contributed by atoms with Gasteiger partial charge in [-0.05, 0) is 61.8 Å². The number of hydrogen-bond donors (Lipinski definition) is 1. The van der Waals surface area contributed by atoms with Crippen LogP contribution >= 0.6 is 0 Å². The molecule has 2 aromatic rings. The summed E-state index contributed by atoms with van der Waals surface area (Å²) in [6, 6.07) is 20.3. The van der Waals surface area contributed by atoms with Crippen LogP contribution in [0.2, 0.25) is 0 Å². The van der Waals surface area contributed by atoms with Crippen LogP contribution in [0.5, 0.6) is 0 Å². The second-order valence-electron chi connectivity index (χ2n) is 6.21. The summed E-state index contributed by atoms with van der Waals surface area (Å²) in [6.45, 7) is 3.38. The van der Waals surface area contributed by atoms with Crippen LogP contribution in [0.15, 0.2) is 54.6 Å². The molecule has 0 aromatic heterocycles. The highest BCUT2D eigenvalue weighted by Crippen LogP contribution is 2.32. The van der Waals surface area contributed by atoms with Crippen LogP contribution in [0.1, 0.15) is 42.0 Å². The van der Waals surface area contributed by atoms with Crippen molar-refractivity contribution in [1.82, 2.24) is 5.32 Å². The molecule has 1 aliphatic heterocycles. The van der Waals surface area contributed by atoms with Gasteiger partial charge in [0, 0.05) is 6.04 Å². The van der Waals surface area contributed by atoms with E-state index >= 15 is 0 Å². The molecule has 2 aromatic carbocycles. The Balaban J connectivity index is 1.69. The van der Waals surface area contributed by atoms with Gasteiger partial charge in [-0.2, -0.15) is 0 Å². The lowest BCUT2D eigenvalue weighted by Gasteiger charge is -2.33. The first kappa shape index (κ1) is 14.3. The quantitative estimate of drug-likeness (QED) is 0.857. The number of rotatable bonds is 4. The summed E-state index contributed by atoms with van der Waals surface area (Å²) in [7, 11) is 0. The van der Waals surface area contributed by atoms with Crippen molar-refractivity contribution in [2.24, 2.45) is 5.92 Å². The Labute approximate surface area is 128 Å². The standard InChI is InChI=1S/C20H25N/c1-16-8-5-6-9-17(16)13-14-19-12-7-15-21-20(19)18-10-3-2-4-11-18/h2-6,8-11,19-21H,7,12-15H2,1H3/t19-,20+/m1/s1. The predicted octanol–water partition coefficient (Wildman–Crippen LogP) is 4.67. The lowest BCUT2D eigenvalue weighted by molar-refractivity contribution is 0.269. The van der Waals surface area contributed by atoms with Crippen molar-refractivity contribution in [1.29, 1.82) is 0 Å². The molecule has 0 unspecified atom stereocenters. The zero-order valence-corrected chi connectivity index (χ0v) is 12.9. The topological polar surface area (TPSA) is 12.0 Å². The van der Waals surface area contributed by atoms with E-state index in [9.17, 15) is 0 Å². The van der Waals surface area contributed by atoms with Gasteiger partial charge in [0.2, 0.25) is 0 Å². The van der Waals surface area contributed by atoms with Gasteiger partial charge in [0.1, 0.15) is 0 Å². The number of hydrogen-bond acceptors (Lipinski definition) is 1. The highest BCUT2D eigenvalue weighted by Gasteiger charge is 2.25. The molecule has 1 nitrogen and oxygen atoms in total. The van der Waals surface area contributed by atoms with E-state index in [2.05, 4.69) is 66.8 Å². The van der Waals surface area contributed by atoms with Gasteiger partial charge < -0.3 is 5.32 Å². The number of piperidine rings is 1.